The molecule has 3 rings (SSSR count). The van der Waals surface area contributed by atoms with Crippen LogP contribution < -0.4 is 0 Å². The predicted molar refractivity (Wildman–Crippen MR) is 112 cm³/mol. The Morgan fingerprint density at radius 2 is 1.07 bits per heavy atom. The van der Waals surface area contributed by atoms with Gasteiger partial charge < -0.3 is 10.2 Å². The first-order valence-electron chi connectivity index (χ1n) is 9.33. The second-order valence-electron chi connectivity index (χ2n) is 8.39. The first-order valence-corrected chi connectivity index (χ1v) is 9.33. The van der Waals surface area contributed by atoms with Gasteiger partial charge in [-0.05, 0) is 41.8 Å². The molecule has 2 N–H and O–H groups in total. The third-order valence-electron chi connectivity index (χ3n) is 5.75. The molecule has 0 saturated heterocycles. The lowest BCUT2D eigenvalue weighted by molar-refractivity contribution is 0.451. The predicted octanol–water partition coefficient (Wildman–Crippen LogP) is 6.06. The van der Waals surface area contributed by atoms with Crippen LogP contribution >= 0.6 is 0 Å². The van der Waals surface area contributed by atoms with Crippen molar-refractivity contribution in [3.63, 3.8) is 0 Å². The van der Waals surface area contributed by atoms with Crippen LogP contribution in [0.1, 0.15) is 55.5 Å². The van der Waals surface area contributed by atoms with Crippen molar-refractivity contribution in [2.24, 2.45) is 0 Å². The summed E-state index contributed by atoms with van der Waals surface area (Å²) in [7, 11) is 0. The van der Waals surface area contributed by atoms with Crippen molar-refractivity contribution in [3.8, 4) is 11.5 Å². The van der Waals surface area contributed by atoms with Crippen molar-refractivity contribution in [1.29, 1.82) is 0 Å². The molecule has 0 aromatic heterocycles. The minimum atomic E-state index is -0.321. The smallest absolute Gasteiger partial charge is 0.119 e. The summed E-state index contributed by atoms with van der Waals surface area (Å²) in [6.45, 7) is 10.7. The van der Waals surface area contributed by atoms with Gasteiger partial charge >= 0.3 is 0 Å². The second-order valence-corrected chi connectivity index (χ2v) is 8.39. The molecule has 0 atom stereocenters. The van der Waals surface area contributed by atoms with Crippen LogP contribution in [0, 0.1) is 6.92 Å². The van der Waals surface area contributed by atoms with Crippen LogP contribution in [0.15, 0.2) is 66.7 Å². The van der Waals surface area contributed by atoms with Crippen molar-refractivity contribution in [1.82, 2.24) is 0 Å². The van der Waals surface area contributed by atoms with Gasteiger partial charge in [0, 0.05) is 16.4 Å². The summed E-state index contributed by atoms with van der Waals surface area (Å²) in [6.07, 6.45) is 0. The van der Waals surface area contributed by atoms with Gasteiger partial charge in [-0.3, -0.25) is 0 Å². The molecule has 3 aromatic carbocycles. The zero-order valence-electron chi connectivity index (χ0n) is 16.7. The Kier molecular flexibility index (Phi) is 4.77. The van der Waals surface area contributed by atoms with E-state index in [9.17, 15) is 10.2 Å². The van der Waals surface area contributed by atoms with E-state index in [-0.39, 0.29) is 16.6 Å². The van der Waals surface area contributed by atoms with E-state index in [0.717, 1.165) is 16.7 Å². The highest BCUT2D eigenvalue weighted by atomic mass is 16.3. The van der Waals surface area contributed by atoms with Gasteiger partial charge in [0.15, 0.2) is 0 Å². The van der Waals surface area contributed by atoms with E-state index >= 15 is 0 Å². The van der Waals surface area contributed by atoms with Gasteiger partial charge in [0.05, 0.1) is 0 Å². The topological polar surface area (TPSA) is 40.5 Å². The fourth-order valence-corrected chi connectivity index (χ4v) is 3.60. The third kappa shape index (κ3) is 3.57. The van der Waals surface area contributed by atoms with Gasteiger partial charge in [0.2, 0.25) is 0 Å². The number of aromatic hydroxyl groups is 2. The van der Waals surface area contributed by atoms with Crippen LogP contribution in [0.5, 0.6) is 11.5 Å². The van der Waals surface area contributed by atoms with E-state index < -0.39 is 0 Å². The maximum Gasteiger partial charge on any atom is 0.119 e. The molecular formula is C25H28O2. The third-order valence-corrected chi connectivity index (χ3v) is 5.75. The van der Waals surface area contributed by atoms with Crippen LogP contribution in [-0.2, 0) is 10.8 Å². The zero-order valence-corrected chi connectivity index (χ0v) is 16.7. The zero-order chi connectivity index (χ0) is 19.8. The molecule has 0 spiro atoms. The van der Waals surface area contributed by atoms with E-state index in [4.69, 9.17) is 0 Å². The quantitative estimate of drug-likeness (QED) is 0.594. The number of phenolic OH excluding ortho intramolecular Hbond substituents is 2. The molecule has 0 unspecified atom stereocenters. The molecule has 0 heterocycles. The Balaban J connectivity index is 2.08. The number of phenols is 2. The van der Waals surface area contributed by atoms with Crippen molar-refractivity contribution in [3.05, 3.63) is 94.5 Å². The Hall–Kier alpha value is -2.74. The number of benzene rings is 3. The maximum atomic E-state index is 10.6. The summed E-state index contributed by atoms with van der Waals surface area (Å²) in [5, 5.41) is 20.2. The molecule has 0 amide bonds. The molecule has 0 saturated carbocycles. The van der Waals surface area contributed by atoms with Gasteiger partial charge in [-0.15, -0.1) is 0 Å². The van der Waals surface area contributed by atoms with Crippen molar-refractivity contribution < 1.29 is 10.2 Å². The molecule has 3 aromatic rings. The molecule has 2 heteroatoms. The summed E-state index contributed by atoms with van der Waals surface area (Å²) >= 11 is 0. The summed E-state index contributed by atoms with van der Waals surface area (Å²) in [5.41, 5.74) is 4.98. The first-order chi connectivity index (χ1) is 12.6. The lowest BCUT2D eigenvalue weighted by Crippen LogP contribution is -2.23. The lowest BCUT2D eigenvalue weighted by atomic mass is 9.73. The Bertz CT molecular complexity index is 933. The highest BCUT2D eigenvalue weighted by Crippen LogP contribution is 2.41. The maximum absolute atomic E-state index is 10.6. The van der Waals surface area contributed by atoms with Crippen molar-refractivity contribution in [2.75, 3.05) is 0 Å². The van der Waals surface area contributed by atoms with E-state index in [2.05, 4.69) is 65.0 Å². The lowest BCUT2D eigenvalue weighted by Gasteiger charge is -2.31. The van der Waals surface area contributed by atoms with E-state index in [1.54, 1.807) is 18.2 Å². The average molecular weight is 360 g/mol. The Labute approximate surface area is 162 Å². The largest absolute Gasteiger partial charge is 0.508 e. The Morgan fingerprint density at radius 1 is 0.593 bits per heavy atom. The number of hydrogen-bond acceptors (Lipinski definition) is 2. The van der Waals surface area contributed by atoms with Crippen LogP contribution in [-0.4, -0.2) is 10.2 Å². The van der Waals surface area contributed by atoms with E-state index in [1.807, 2.05) is 18.2 Å². The van der Waals surface area contributed by atoms with Gasteiger partial charge in [0.25, 0.3) is 0 Å². The fraction of sp³-hybridized carbons (Fsp3) is 0.280. The van der Waals surface area contributed by atoms with Crippen molar-refractivity contribution >= 4 is 0 Å². The van der Waals surface area contributed by atoms with Gasteiger partial charge in [0.1, 0.15) is 11.5 Å². The molecule has 0 fully saturated rings. The van der Waals surface area contributed by atoms with E-state index in [0.29, 0.717) is 5.75 Å². The molecule has 0 radical (unpaired) electrons. The monoisotopic (exact) mass is 360 g/mol. The highest BCUT2D eigenvalue weighted by Gasteiger charge is 2.30. The molecule has 0 aliphatic rings. The number of rotatable bonds is 4. The molecule has 0 bridgehead atoms. The number of hydrogen-bond donors (Lipinski definition) is 2. The highest BCUT2D eigenvalue weighted by molar-refractivity contribution is 5.50. The Morgan fingerprint density at radius 3 is 1.67 bits per heavy atom. The minimum Gasteiger partial charge on any atom is -0.508 e. The SMILES string of the molecule is Cc1ccc(C(C)(C)c2cc(C(C)(C)c3ccc(O)cc3)ccc2O)cc1. The van der Waals surface area contributed by atoms with Crippen molar-refractivity contribution in [2.45, 2.75) is 45.4 Å². The average Bonchev–Trinajstić information content (AvgIpc) is 2.62. The van der Waals surface area contributed by atoms with Crippen LogP contribution in [0.25, 0.3) is 0 Å². The molecule has 0 aliphatic heterocycles. The molecular weight excluding hydrogens is 332 g/mol. The second kappa shape index (κ2) is 6.77. The summed E-state index contributed by atoms with van der Waals surface area (Å²) in [5.74, 6) is 0.576. The first kappa shape index (κ1) is 19.0. The van der Waals surface area contributed by atoms with Gasteiger partial charge in [-0.2, -0.15) is 0 Å². The normalized spacial score (nSPS) is 12.2. The standard InChI is InChI=1S/C25H28O2/c1-17-6-8-19(9-7-17)25(4,5)22-16-20(12-15-23(22)27)24(2,3)18-10-13-21(26)14-11-18/h6-16,26-27H,1-5H3. The molecule has 2 nitrogen and oxygen atoms in total. The fourth-order valence-electron chi connectivity index (χ4n) is 3.60. The van der Waals surface area contributed by atoms with E-state index in [1.165, 1.54) is 11.1 Å². The van der Waals surface area contributed by atoms with Crippen LogP contribution in [0.4, 0.5) is 0 Å². The molecule has 27 heavy (non-hydrogen) atoms. The summed E-state index contributed by atoms with van der Waals surface area (Å²) < 4.78 is 0. The number of aryl methyl sites for hydroxylation is 1. The van der Waals surface area contributed by atoms with Gasteiger partial charge in [-0.1, -0.05) is 81.8 Å². The van der Waals surface area contributed by atoms with Crippen LogP contribution in [0.3, 0.4) is 0 Å². The molecule has 0 aliphatic carbocycles. The minimum absolute atomic E-state index is 0.250. The van der Waals surface area contributed by atoms with Gasteiger partial charge in [-0.25, -0.2) is 0 Å². The summed E-state index contributed by atoms with van der Waals surface area (Å²) in [4.78, 5) is 0. The molecule has 140 valence electrons. The summed E-state index contributed by atoms with van der Waals surface area (Å²) in [6, 6.07) is 21.7. The van der Waals surface area contributed by atoms with Crippen LogP contribution in [0.2, 0.25) is 0 Å².